The van der Waals surface area contributed by atoms with Gasteiger partial charge in [-0.1, -0.05) is 24.3 Å². The molecule has 0 bridgehead atoms. The molecule has 0 aliphatic heterocycles. The summed E-state index contributed by atoms with van der Waals surface area (Å²) in [4.78, 5) is 0.896. The Balaban J connectivity index is 2.04. The first-order valence-electron chi connectivity index (χ1n) is 5.67. The van der Waals surface area contributed by atoms with E-state index in [9.17, 15) is 0 Å². The van der Waals surface area contributed by atoms with Crippen molar-refractivity contribution in [2.75, 3.05) is 0 Å². The molecule has 19 heavy (non-hydrogen) atoms. The molecule has 0 saturated heterocycles. The topological polar surface area (TPSA) is 80.1 Å². The number of nitrogen functional groups attached to an aromatic ring is 1. The lowest BCUT2D eigenvalue weighted by Gasteiger charge is -2.05. The van der Waals surface area contributed by atoms with Gasteiger partial charge in [-0.25, -0.2) is 0 Å². The average Bonchev–Trinajstić information content (AvgIpc) is 2.83. The highest BCUT2D eigenvalue weighted by atomic mass is 32.2. The molecule has 0 aliphatic carbocycles. The summed E-state index contributed by atoms with van der Waals surface area (Å²) in [6.07, 6.45) is 1.91. The smallest absolute Gasteiger partial charge is 0.200 e. The SMILES string of the molecule is N=C(N)c1ccccc1Sc1nnc2ccccn12. The fraction of sp³-hybridized carbons (Fsp3) is 0. The Labute approximate surface area is 114 Å². The molecular weight excluding hydrogens is 258 g/mol. The van der Waals surface area contributed by atoms with Gasteiger partial charge in [0.05, 0.1) is 0 Å². The van der Waals surface area contributed by atoms with Gasteiger partial charge in [0.2, 0.25) is 0 Å². The molecule has 0 spiro atoms. The van der Waals surface area contributed by atoms with Crippen LogP contribution in [0, 0.1) is 5.41 Å². The first-order valence-corrected chi connectivity index (χ1v) is 6.48. The van der Waals surface area contributed by atoms with Crippen LogP contribution in [0.4, 0.5) is 0 Å². The van der Waals surface area contributed by atoms with Crippen LogP contribution in [-0.2, 0) is 0 Å². The van der Waals surface area contributed by atoms with E-state index in [4.69, 9.17) is 11.1 Å². The predicted octanol–water partition coefficient (Wildman–Crippen LogP) is 2.16. The zero-order valence-electron chi connectivity index (χ0n) is 9.95. The van der Waals surface area contributed by atoms with Gasteiger partial charge in [0, 0.05) is 16.7 Å². The summed E-state index contributed by atoms with van der Waals surface area (Å²) in [7, 11) is 0. The number of hydrogen-bond acceptors (Lipinski definition) is 4. The molecule has 3 aromatic rings. The van der Waals surface area contributed by atoms with Crippen molar-refractivity contribution in [3.05, 3.63) is 54.2 Å². The van der Waals surface area contributed by atoms with Gasteiger partial charge in [-0.05, 0) is 30.0 Å². The number of hydrogen-bond donors (Lipinski definition) is 2. The van der Waals surface area contributed by atoms with Crippen LogP contribution in [0.5, 0.6) is 0 Å². The number of pyridine rings is 1. The molecule has 0 fully saturated rings. The average molecular weight is 269 g/mol. The van der Waals surface area contributed by atoms with Crippen molar-refractivity contribution in [1.29, 1.82) is 5.41 Å². The number of nitrogens with zero attached hydrogens (tertiary/aromatic N) is 3. The first kappa shape index (κ1) is 11.7. The van der Waals surface area contributed by atoms with Crippen molar-refractivity contribution in [3.63, 3.8) is 0 Å². The second-order valence-corrected chi connectivity index (χ2v) is 4.93. The monoisotopic (exact) mass is 269 g/mol. The normalized spacial score (nSPS) is 10.7. The third-order valence-corrected chi connectivity index (χ3v) is 3.70. The van der Waals surface area contributed by atoms with Gasteiger partial charge in [-0.15, -0.1) is 10.2 Å². The molecule has 3 rings (SSSR count). The van der Waals surface area contributed by atoms with Gasteiger partial charge in [0.1, 0.15) is 5.84 Å². The molecule has 5 nitrogen and oxygen atoms in total. The van der Waals surface area contributed by atoms with Crippen molar-refractivity contribution in [2.45, 2.75) is 10.1 Å². The number of aromatic nitrogens is 3. The largest absolute Gasteiger partial charge is 0.384 e. The Bertz CT molecular complexity index is 749. The summed E-state index contributed by atoms with van der Waals surface area (Å²) in [5.74, 6) is 0.0527. The minimum Gasteiger partial charge on any atom is -0.384 e. The van der Waals surface area contributed by atoms with Crippen molar-refractivity contribution in [2.24, 2.45) is 5.73 Å². The Morgan fingerprint density at radius 3 is 2.74 bits per heavy atom. The lowest BCUT2D eigenvalue weighted by atomic mass is 10.2. The van der Waals surface area contributed by atoms with E-state index in [0.717, 1.165) is 15.7 Å². The van der Waals surface area contributed by atoms with E-state index in [0.29, 0.717) is 5.56 Å². The molecule has 0 saturated carbocycles. The molecule has 0 amide bonds. The maximum absolute atomic E-state index is 7.59. The van der Waals surface area contributed by atoms with Crippen LogP contribution in [0.15, 0.2) is 58.7 Å². The lowest BCUT2D eigenvalue weighted by Crippen LogP contribution is -2.12. The predicted molar refractivity (Wildman–Crippen MR) is 74.6 cm³/mol. The molecule has 2 heterocycles. The molecule has 0 unspecified atom stereocenters. The van der Waals surface area contributed by atoms with Crippen LogP contribution in [0.1, 0.15) is 5.56 Å². The summed E-state index contributed by atoms with van der Waals surface area (Å²) in [5.41, 5.74) is 7.09. The molecule has 3 N–H and O–H groups in total. The number of nitrogens with two attached hydrogens (primary N) is 1. The molecule has 0 aliphatic rings. The zero-order valence-corrected chi connectivity index (χ0v) is 10.8. The summed E-state index contributed by atoms with van der Waals surface area (Å²) in [5, 5.41) is 16.6. The van der Waals surface area contributed by atoms with Crippen LogP contribution in [0.2, 0.25) is 0 Å². The Kier molecular flexibility index (Phi) is 2.92. The van der Waals surface area contributed by atoms with E-state index in [-0.39, 0.29) is 5.84 Å². The van der Waals surface area contributed by atoms with Crippen LogP contribution < -0.4 is 5.73 Å². The summed E-state index contributed by atoms with van der Waals surface area (Å²) >= 11 is 1.45. The van der Waals surface area contributed by atoms with E-state index in [1.54, 1.807) is 0 Å². The molecule has 1 aromatic carbocycles. The lowest BCUT2D eigenvalue weighted by molar-refractivity contribution is 0.921. The van der Waals surface area contributed by atoms with Crippen molar-refractivity contribution in [3.8, 4) is 0 Å². The van der Waals surface area contributed by atoms with Gasteiger partial charge in [-0.3, -0.25) is 9.81 Å². The highest BCUT2D eigenvalue weighted by Crippen LogP contribution is 2.29. The van der Waals surface area contributed by atoms with Crippen LogP contribution in [0.25, 0.3) is 5.65 Å². The third-order valence-electron chi connectivity index (χ3n) is 2.66. The quantitative estimate of drug-likeness (QED) is 0.564. The van der Waals surface area contributed by atoms with Gasteiger partial charge in [0.15, 0.2) is 10.8 Å². The Morgan fingerprint density at radius 1 is 1.11 bits per heavy atom. The molecule has 6 heteroatoms. The molecule has 2 aromatic heterocycles. The third kappa shape index (κ3) is 2.17. The van der Waals surface area contributed by atoms with Gasteiger partial charge in [0.25, 0.3) is 0 Å². The van der Waals surface area contributed by atoms with Crippen LogP contribution in [0.3, 0.4) is 0 Å². The number of benzene rings is 1. The molecule has 0 atom stereocenters. The minimum atomic E-state index is 0.0527. The van der Waals surface area contributed by atoms with Crippen molar-refractivity contribution < 1.29 is 0 Å². The maximum Gasteiger partial charge on any atom is 0.200 e. The van der Waals surface area contributed by atoms with E-state index in [1.165, 1.54) is 11.8 Å². The number of fused-ring (bicyclic) bond motifs is 1. The molecule has 0 radical (unpaired) electrons. The van der Waals surface area contributed by atoms with Crippen LogP contribution in [-0.4, -0.2) is 20.4 Å². The summed E-state index contributed by atoms with van der Waals surface area (Å²) in [6, 6.07) is 13.3. The fourth-order valence-electron chi connectivity index (χ4n) is 1.77. The summed E-state index contributed by atoms with van der Waals surface area (Å²) < 4.78 is 1.90. The number of nitrogens with one attached hydrogen (secondary N) is 1. The second kappa shape index (κ2) is 4.74. The standard InChI is InChI=1S/C13H11N5S/c14-12(15)9-5-1-2-6-10(9)19-13-17-16-11-7-3-4-8-18(11)13/h1-8H,(H3,14,15). The Hall–Kier alpha value is -2.34. The number of amidine groups is 1. The fourth-order valence-corrected chi connectivity index (χ4v) is 2.73. The van der Waals surface area contributed by atoms with Crippen molar-refractivity contribution >= 4 is 23.2 Å². The minimum absolute atomic E-state index is 0.0527. The van der Waals surface area contributed by atoms with E-state index in [2.05, 4.69) is 10.2 Å². The van der Waals surface area contributed by atoms with Gasteiger partial charge < -0.3 is 5.73 Å². The second-order valence-electron chi connectivity index (χ2n) is 3.92. The highest BCUT2D eigenvalue weighted by molar-refractivity contribution is 7.99. The zero-order chi connectivity index (χ0) is 13.2. The van der Waals surface area contributed by atoms with Crippen molar-refractivity contribution in [1.82, 2.24) is 14.6 Å². The highest BCUT2D eigenvalue weighted by Gasteiger charge is 2.10. The van der Waals surface area contributed by atoms with Crippen LogP contribution >= 0.6 is 11.8 Å². The Morgan fingerprint density at radius 2 is 1.89 bits per heavy atom. The van der Waals surface area contributed by atoms with E-state index < -0.39 is 0 Å². The van der Waals surface area contributed by atoms with E-state index in [1.807, 2.05) is 53.1 Å². The first-order chi connectivity index (χ1) is 9.25. The maximum atomic E-state index is 7.59. The molecule has 94 valence electrons. The van der Waals surface area contributed by atoms with E-state index >= 15 is 0 Å². The van der Waals surface area contributed by atoms with Gasteiger partial charge in [-0.2, -0.15) is 0 Å². The summed E-state index contributed by atoms with van der Waals surface area (Å²) in [6.45, 7) is 0. The van der Waals surface area contributed by atoms with Gasteiger partial charge >= 0.3 is 0 Å². The number of rotatable bonds is 3. The molecular formula is C13H11N5S.